The van der Waals surface area contributed by atoms with E-state index in [0.29, 0.717) is 5.82 Å². The summed E-state index contributed by atoms with van der Waals surface area (Å²) in [5.74, 6) is 1.32. The average molecular weight is 217 g/mol. The van der Waals surface area contributed by atoms with Gasteiger partial charge in [-0.1, -0.05) is 6.07 Å². The summed E-state index contributed by atoms with van der Waals surface area (Å²) in [6.07, 6.45) is 3.70. The molecule has 0 bridgehead atoms. The second kappa shape index (κ2) is 4.65. The predicted octanol–water partition coefficient (Wildman–Crippen LogP) is 1.36. The standard InChI is InChI=1S/C11H15N5/c1-9(8-16-7-3-6-13-16)14-11-5-2-4-10(12)15-11/h2-7,9H,8H2,1H3,(H3,12,14,15). The van der Waals surface area contributed by atoms with Gasteiger partial charge in [0.1, 0.15) is 11.6 Å². The molecule has 1 unspecified atom stereocenters. The minimum atomic E-state index is 0.245. The van der Waals surface area contributed by atoms with Gasteiger partial charge in [-0.15, -0.1) is 0 Å². The number of rotatable bonds is 4. The highest BCUT2D eigenvalue weighted by atomic mass is 15.3. The predicted molar refractivity (Wildman–Crippen MR) is 64.0 cm³/mol. The van der Waals surface area contributed by atoms with Crippen molar-refractivity contribution in [2.45, 2.75) is 19.5 Å². The van der Waals surface area contributed by atoms with Crippen LogP contribution in [0.1, 0.15) is 6.92 Å². The Kier molecular flexibility index (Phi) is 3.05. The van der Waals surface area contributed by atoms with Crippen LogP contribution in [-0.4, -0.2) is 20.8 Å². The molecule has 0 radical (unpaired) electrons. The van der Waals surface area contributed by atoms with Gasteiger partial charge in [0.15, 0.2) is 0 Å². The van der Waals surface area contributed by atoms with Crippen LogP contribution in [0.15, 0.2) is 36.7 Å². The molecule has 3 N–H and O–H groups in total. The maximum absolute atomic E-state index is 5.60. The van der Waals surface area contributed by atoms with E-state index < -0.39 is 0 Å². The average Bonchev–Trinajstić information content (AvgIpc) is 2.70. The smallest absolute Gasteiger partial charge is 0.128 e. The van der Waals surface area contributed by atoms with Gasteiger partial charge in [0.05, 0.1) is 6.54 Å². The zero-order valence-electron chi connectivity index (χ0n) is 9.17. The van der Waals surface area contributed by atoms with Gasteiger partial charge in [0.2, 0.25) is 0 Å². The fourth-order valence-corrected chi connectivity index (χ4v) is 1.52. The van der Waals surface area contributed by atoms with E-state index in [9.17, 15) is 0 Å². The highest BCUT2D eigenvalue weighted by Crippen LogP contribution is 2.07. The van der Waals surface area contributed by atoms with Crippen molar-refractivity contribution in [2.75, 3.05) is 11.1 Å². The summed E-state index contributed by atoms with van der Waals surface area (Å²) in [4.78, 5) is 4.18. The quantitative estimate of drug-likeness (QED) is 0.811. The first-order chi connectivity index (χ1) is 7.74. The Balaban J connectivity index is 1.94. The fraction of sp³-hybridized carbons (Fsp3) is 0.273. The summed E-state index contributed by atoms with van der Waals surface area (Å²) in [6, 6.07) is 7.70. The number of nitrogens with two attached hydrogens (primary N) is 1. The number of nitrogens with zero attached hydrogens (tertiary/aromatic N) is 3. The van der Waals surface area contributed by atoms with Crippen molar-refractivity contribution < 1.29 is 0 Å². The van der Waals surface area contributed by atoms with Crippen molar-refractivity contribution in [2.24, 2.45) is 0 Å². The van der Waals surface area contributed by atoms with Crippen molar-refractivity contribution in [3.63, 3.8) is 0 Å². The van der Waals surface area contributed by atoms with Gasteiger partial charge >= 0.3 is 0 Å². The fourth-order valence-electron chi connectivity index (χ4n) is 1.52. The molecule has 0 aliphatic carbocycles. The maximum Gasteiger partial charge on any atom is 0.128 e. The van der Waals surface area contributed by atoms with E-state index in [4.69, 9.17) is 5.73 Å². The van der Waals surface area contributed by atoms with Crippen molar-refractivity contribution in [1.29, 1.82) is 0 Å². The number of nitrogens with one attached hydrogen (secondary N) is 1. The Morgan fingerprint density at radius 1 is 1.44 bits per heavy atom. The topological polar surface area (TPSA) is 68.8 Å². The molecule has 0 fully saturated rings. The van der Waals surface area contributed by atoms with Gasteiger partial charge in [0, 0.05) is 18.4 Å². The lowest BCUT2D eigenvalue weighted by Crippen LogP contribution is -2.22. The third-order valence-electron chi connectivity index (χ3n) is 2.19. The van der Waals surface area contributed by atoms with Crippen LogP contribution in [0.2, 0.25) is 0 Å². The highest BCUT2D eigenvalue weighted by Gasteiger charge is 2.03. The summed E-state index contributed by atoms with van der Waals surface area (Å²) in [5, 5.41) is 7.42. The maximum atomic E-state index is 5.60. The third-order valence-corrected chi connectivity index (χ3v) is 2.19. The number of aromatic nitrogens is 3. The van der Waals surface area contributed by atoms with Crippen molar-refractivity contribution in [3.05, 3.63) is 36.7 Å². The van der Waals surface area contributed by atoms with E-state index in [1.54, 1.807) is 12.3 Å². The Hall–Kier alpha value is -2.04. The summed E-state index contributed by atoms with van der Waals surface area (Å²) < 4.78 is 1.88. The van der Waals surface area contributed by atoms with E-state index in [1.165, 1.54) is 0 Å². The SMILES string of the molecule is CC(Cn1cccn1)Nc1cccc(N)n1. The first-order valence-corrected chi connectivity index (χ1v) is 5.20. The van der Waals surface area contributed by atoms with Crippen LogP contribution in [0, 0.1) is 0 Å². The van der Waals surface area contributed by atoms with E-state index in [-0.39, 0.29) is 6.04 Å². The van der Waals surface area contributed by atoms with Gasteiger partial charge in [-0.25, -0.2) is 4.98 Å². The van der Waals surface area contributed by atoms with Gasteiger partial charge in [-0.05, 0) is 25.1 Å². The van der Waals surface area contributed by atoms with E-state index >= 15 is 0 Å². The summed E-state index contributed by atoms with van der Waals surface area (Å²) >= 11 is 0. The molecule has 5 nitrogen and oxygen atoms in total. The molecular formula is C11H15N5. The number of nitrogen functional groups attached to an aromatic ring is 1. The molecule has 84 valence electrons. The minimum Gasteiger partial charge on any atom is -0.384 e. The minimum absolute atomic E-state index is 0.245. The summed E-state index contributed by atoms with van der Waals surface area (Å²) in [6.45, 7) is 2.87. The first-order valence-electron chi connectivity index (χ1n) is 5.20. The Labute approximate surface area is 94.3 Å². The molecule has 0 aliphatic rings. The molecule has 2 aromatic heterocycles. The zero-order valence-corrected chi connectivity index (χ0v) is 9.17. The molecule has 2 rings (SSSR count). The summed E-state index contributed by atoms with van der Waals surface area (Å²) in [7, 11) is 0. The van der Waals surface area contributed by atoms with Crippen molar-refractivity contribution >= 4 is 11.6 Å². The van der Waals surface area contributed by atoms with Crippen LogP contribution < -0.4 is 11.1 Å². The molecule has 2 heterocycles. The second-order valence-corrected chi connectivity index (χ2v) is 3.72. The van der Waals surface area contributed by atoms with E-state index in [0.717, 1.165) is 12.4 Å². The normalized spacial score (nSPS) is 12.3. The third kappa shape index (κ3) is 2.73. The molecule has 16 heavy (non-hydrogen) atoms. The number of hydrogen-bond acceptors (Lipinski definition) is 4. The zero-order chi connectivity index (χ0) is 11.4. The number of hydrogen-bond donors (Lipinski definition) is 2. The molecular weight excluding hydrogens is 202 g/mol. The van der Waals surface area contributed by atoms with Crippen LogP contribution in [0.25, 0.3) is 0 Å². The molecule has 1 atom stereocenters. The van der Waals surface area contributed by atoms with Crippen LogP contribution in [0.3, 0.4) is 0 Å². The van der Waals surface area contributed by atoms with E-state index in [2.05, 4.69) is 22.3 Å². The van der Waals surface area contributed by atoms with Gasteiger partial charge in [0.25, 0.3) is 0 Å². The number of pyridine rings is 1. The van der Waals surface area contributed by atoms with Crippen LogP contribution in [0.5, 0.6) is 0 Å². The molecule has 0 saturated carbocycles. The monoisotopic (exact) mass is 217 g/mol. The lowest BCUT2D eigenvalue weighted by atomic mass is 10.3. The largest absolute Gasteiger partial charge is 0.384 e. The van der Waals surface area contributed by atoms with Crippen LogP contribution >= 0.6 is 0 Å². The van der Waals surface area contributed by atoms with Crippen LogP contribution in [-0.2, 0) is 6.54 Å². The molecule has 0 aliphatic heterocycles. The van der Waals surface area contributed by atoms with Gasteiger partial charge in [-0.2, -0.15) is 5.10 Å². The Morgan fingerprint density at radius 3 is 3.00 bits per heavy atom. The lowest BCUT2D eigenvalue weighted by molar-refractivity contribution is 0.560. The summed E-state index contributed by atoms with van der Waals surface area (Å²) in [5.41, 5.74) is 5.60. The Morgan fingerprint density at radius 2 is 2.31 bits per heavy atom. The molecule has 0 amide bonds. The van der Waals surface area contributed by atoms with Gasteiger partial charge < -0.3 is 11.1 Å². The first kappa shape index (κ1) is 10.5. The molecule has 0 spiro atoms. The Bertz CT molecular complexity index is 437. The van der Waals surface area contributed by atoms with E-state index in [1.807, 2.05) is 29.1 Å². The second-order valence-electron chi connectivity index (χ2n) is 3.72. The lowest BCUT2D eigenvalue weighted by Gasteiger charge is -2.14. The molecule has 2 aromatic rings. The van der Waals surface area contributed by atoms with Crippen LogP contribution in [0.4, 0.5) is 11.6 Å². The van der Waals surface area contributed by atoms with Gasteiger partial charge in [-0.3, -0.25) is 4.68 Å². The highest BCUT2D eigenvalue weighted by molar-refractivity contribution is 5.42. The number of anilines is 2. The molecule has 5 heteroatoms. The van der Waals surface area contributed by atoms with Crippen molar-refractivity contribution in [3.8, 4) is 0 Å². The molecule has 0 saturated heterocycles. The molecule has 0 aromatic carbocycles. The van der Waals surface area contributed by atoms with Crippen molar-refractivity contribution in [1.82, 2.24) is 14.8 Å².